The molecular formula is C20H17FN2O4. The summed E-state index contributed by atoms with van der Waals surface area (Å²) in [6.07, 6.45) is 1.30. The topological polar surface area (TPSA) is 79.5 Å². The van der Waals surface area contributed by atoms with Crippen LogP contribution in [0.1, 0.15) is 23.2 Å². The largest absolute Gasteiger partial charge is 0.467 e. The number of esters is 1. The van der Waals surface area contributed by atoms with Gasteiger partial charge in [-0.3, -0.25) is 9.59 Å². The zero-order valence-electron chi connectivity index (χ0n) is 14.6. The molecule has 1 aliphatic heterocycles. The summed E-state index contributed by atoms with van der Waals surface area (Å²) in [5.41, 5.74) is 0.435. The molecule has 138 valence electrons. The number of carbonyl (C=O) groups is 2. The van der Waals surface area contributed by atoms with Crippen LogP contribution in [0.5, 0.6) is 0 Å². The number of aromatic amines is 1. The summed E-state index contributed by atoms with van der Waals surface area (Å²) < 4.78 is 18.2. The lowest BCUT2D eigenvalue weighted by Gasteiger charge is -2.22. The van der Waals surface area contributed by atoms with Gasteiger partial charge in [-0.1, -0.05) is 12.1 Å². The highest BCUT2D eigenvalue weighted by Gasteiger charge is 2.35. The number of H-pyrrole nitrogens is 1. The van der Waals surface area contributed by atoms with Crippen molar-refractivity contribution in [3.05, 3.63) is 58.1 Å². The van der Waals surface area contributed by atoms with Crippen molar-refractivity contribution in [2.75, 3.05) is 13.7 Å². The standard InChI is InChI=1S/C20H17FN2O4/c1-27-20(26)17-3-2-8-23(17)19(25)11-4-6-14-13-7-5-12(21)10-15(13)18(24)22-16(14)9-11/h4-7,9-10,17H,2-3,8H2,1H3,(H,22,24). The second-order valence-electron chi connectivity index (χ2n) is 6.58. The van der Waals surface area contributed by atoms with Gasteiger partial charge in [0.25, 0.3) is 11.5 Å². The molecule has 0 radical (unpaired) electrons. The normalized spacial score (nSPS) is 16.8. The van der Waals surface area contributed by atoms with Crippen molar-refractivity contribution in [1.29, 1.82) is 0 Å². The van der Waals surface area contributed by atoms with E-state index in [2.05, 4.69) is 4.98 Å². The van der Waals surface area contributed by atoms with Crippen molar-refractivity contribution in [2.45, 2.75) is 18.9 Å². The summed E-state index contributed by atoms with van der Waals surface area (Å²) in [4.78, 5) is 41.3. The lowest BCUT2D eigenvalue weighted by Crippen LogP contribution is -2.41. The van der Waals surface area contributed by atoms with Crippen molar-refractivity contribution in [2.24, 2.45) is 0 Å². The van der Waals surface area contributed by atoms with Crippen molar-refractivity contribution in [3.8, 4) is 0 Å². The van der Waals surface area contributed by atoms with E-state index in [4.69, 9.17) is 4.74 Å². The van der Waals surface area contributed by atoms with E-state index in [1.54, 1.807) is 24.3 Å². The Hall–Kier alpha value is -3.22. The maximum Gasteiger partial charge on any atom is 0.328 e. The van der Waals surface area contributed by atoms with E-state index >= 15 is 0 Å². The molecule has 2 heterocycles. The number of aromatic nitrogens is 1. The van der Waals surface area contributed by atoms with Crippen LogP contribution < -0.4 is 5.56 Å². The van der Waals surface area contributed by atoms with Gasteiger partial charge in [0.15, 0.2) is 0 Å². The number of carbonyl (C=O) groups excluding carboxylic acids is 2. The van der Waals surface area contributed by atoms with Gasteiger partial charge in [-0.25, -0.2) is 9.18 Å². The molecule has 7 heteroatoms. The summed E-state index contributed by atoms with van der Waals surface area (Å²) in [5.74, 6) is -1.20. The van der Waals surface area contributed by atoms with Gasteiger partial charge in [0.05, 0.1) is 12.5 Å². The molecule has 0 saturated carbocycles. The zero-order valence-corrected chi connectivity index (χ0v) is 14.6. The van der Waals surface area contributed by atoms with Crippen molar-refractivity contribution < 1.29 is 18.7 Å². The SMILES string of the molecule is COC(=O)C1CCCN1C(=O)c1ccc2c(c1)[nH]c(=O)c1cc(F)ccc12. The molecule has 1 amide bonds. The van der Waals surface area contributed by atoms with Gasteiger partial charge in [-0.2, -0.15) is 0 Å². The number of pyridine rings is 1. The molecule has 27 heavy (non-hydrogen) atoms. The first kappa shape index (κ1) is 17.2. The minimum absolute atomic E-state index is 0.256. The predicted molar refractivity (Wildman–Crippen MR) is 98.1 cm³/mol. The lowest BCUT2D eigenvalue weighted by molar-refractivity contribution is -0.145. The van der Waals surface area contributed by atoms with Gasteiger partial charge in [0, 0.05) is 23.0 Å². The first-order chi connectivity index (χ1) is 13.0. The van der Waals surface area contributed by atoms with Crippen LogP contribution in [0.15, 0.2) is 41.2 Å². The first-order valence-electron chi connectivity index (χ1n) is 8.63. The van der Waals surface area contributed by atoms with Gasteiger partial charge < -0.3 is 14.6 Å². The van der Waals surface area contributed by atoms with E-state index in [0.717, 1.165) is 6.42 Å². The first-order valence-corrected chi connectivity index (χ1v) is 8.63. The number of methoxy groups -OCH3 is 1. The van der Waals surface area contributed by atoms with Crippen molar-refractivity contribution >= 4 is 33.6 Å². The number of rotatable bonds is 2. The molecule has 0 spiro atoms. The number of hydrogen-bond donors (Lipinski definition) is 1. The minimum Gasteiger partial charge on any atom is -0.467 e. The van der Waals surface area contributed by atoms with Crippen LogP contribution in [-0.4, -0.2) is 41.5 Å². The zero-order chi connectivity index (χ0) is 19.1. The van der Waals surface area contributed by atoms with Crippen LogP contribution in [0.25, 0.3) is 21.7 Å². The van der Waals surface area contributed by atoms with Gasteiger partial charge in [-0.05, 0) is 42.5 Å². The molecule has 0 bridgehead atoms. The van der Waals surface area contributed by atoms with Crippen molar-refractivity contribution in [3.63, 3.8) is 0 Å². The number of nitrogens with one attached hydrogen (secondary N) is 1. The average Bonchev–Trinajstić information content (AvgIpc) is 3.16. The molecule has 4 rings (SSSR count). The van der Waals surface area contributed by atoms with E-state index in [0.29, 0.717) is 34.8 Å². The average molecular weight is 368 g/mol. The van der Waals surface area contributed by atoms with E-state index in [1.807, 2.05) is 0 Å². The molecule has 1 aliphatic rings. The van der Waals surface area contributed by atoms with Crippen LogP contribution in [0.2, 0.25) is 0 Å². The number of fused-ring (bicyclic) bond motifs is 3. The monoisotopic (exact) mass is 368 g/mol. The molecule has 1 aromatic heterocycles. The summed E-state index contributed by atoms with van der Waals surface area (Å²) >= 11 is 0. The van der Waals surface area contributed by atoms with E-state index in [-0.39, 0.29) is 11.3 Å². The van der Waals surface area contributed by atoms with Crippen LogP contribution in [0.3, 0.4) is 0 Å². The van der Waals surface area contributed by atoms with E-state index in [9.17, 15) is 18.8 Å². The Morgan fingerprint density at radius 2 is 1.93 bits per heavy atom. The Bertz CT molecular complexity index is 1140. The summed E-state index contributed by atoms with van der Waals surface area (Å²) in [6, 6.07) is 8.42. The number of amides is 1. The highest BCUT2D eigenvalue weighted by molar-refractivity contribution is 6.08. The Labute approximate surface area is 153 Å². The van der Waals surface area contributed by atoms with Crippen LogP contribution in [0.4, 0.5) is 4.39 Å². The Balaban J connectivity index is 1.79. The smallest absolute Gasteiger partial charge is 0.328 e. The van der Waals surface area contributed by atoms with Gasteiger partial charge in [-0.15, -0.1) is 0 Å². The number of benzene rings is 2. The maximum absolute atomic E-state index is 13.4. The summed E-state index contributed by atoms with van der Waals surface area (Å²) in [6.45, 7) is 0.476. The quantitative estimate of drug-likeness (QED) is 0.557. The van der Waals surface area contributed by atoms with Gasteiger partial charge >= 0.3 is 5.97 Å². The van der Waals surface area contributed by atoms with Crippen LogP contribution in [0, 0.1) is 5.82 Å². The number of hydrogen-bond acceptors (Lipinski definition) is 4. The highest BCUT2D eigenvalue weighted by Crippen LogP contribution is 2.25. The van der Waals surface area contributed by atoms with E-state index < -0.39 is 23.4 Å². The Morgan fingerprint density at radius 1 is 1.15 bits per heavy atom. The summed E-state index contributed by atoms with van der Waals surface area (Å²) in [7, 11) is 1.30. The molecule has 1 N–H and O–H groups in total. The fraction of sp³-hybridized carbons (Fsp3) is 0.250. The molecule has 0 aliphatic carbocycles. The molecule has 1 unspecified atom stereocenters. The molecule has 1 atom stereocenters. The molecule has 3 aromatic rings. The highest BCUT2D eigenvalue weighted by atomic mass is 19.1. The van der Waals surface area contributed by atoms with Crippen molar-refractivity contribution in [1.82, 2.24) is 9.88 Å². The second-order valence-corrected chi connectivity index (χ2v) is 6.58. The number of halogens is 1. The Morgan fingerprint density at radius 3 is 2.70 bits per heavy atom. The maximum atomic E-state index is 13.4. The number of ether oxygens (including phenoxy) is 1. The third-order valence-corrected chi connectivity index (χ3v) is 5.02. The van der Waals surface area contributed by atoms with Crippen LogP contribution >= 0.6 is 0 Å². The molecular weight excluding hydrogens is 351 g/mol. The fourth-order valence-corrected chi connectivity index (χ4v) is 3.70. The van der Waals surface area contributed by atoms with Gasteiger partial charge in [0.1, 0.15) is 11.9 Å². The van der Waals surface area contributed by atoms with Gasteiger partial charge in [0.2, 0.25) is 0 Å². The molecule has 1 fully saturated rings. The number of nitrogens with zero attached hydrogens (tertiary/aromatic N) is 1. The molecule has 2 aromatic carbocycles. The molecule has 6 nitrogen and oxygen atoms in total. The minimum atomic E-state index is -0.586. The lowest BCUT2D eigenvalue weighted by atomic mass is 10.0. The second kappa shape index (κ2) is 6.50. The summed E-state index contributed by atoms with van der Waals surface area (Å²) in [5, 5.41) is 1.58. The number of likely N-dealkylation sites (tertiary alicyclic amines) is 1. The predicted octanol–water partition coefficient (Wildman–Crippen LogP) is 2.60. The van der Waals surface area contributed by atoms with E-state index in [1.165, 1.54) is 24.1 Å². The molecule has 1 saturated heterocycles. The van der Waals surface area contributed by atoms with Crippen LogP contribution in [-0.2, 0) is 9.53 Å². The fourth-order valence-electron chi connectivity index (χ4n) is 3.70. The Kier molecular flexibility index (Phi) is 4.14. The third-order valence-electron chi connectivity index (χ3n) is 5.02. The third kappa shape index (κ3) is 2.85.